The molecule has 0 radical (unpaired) electrons. The van der Waals surface area contributed by atoms with Gasteiger partial charge in [0.05, 0.1) is 19.3 Å². The molecule has 0 fully saturated rings. The highest BCUT2D eigenvalue weighted by Crippen LogP contribution is 2.21. The molecule has 3 aromatic rings. The van der Waals surface area contributed by atoms with Crippen LogP contribution in [-0.4, -0.2) is 48.9 Å². The molecule has 0 bridgehead atoms. The van der Waals surface area contributed by atoms with Crippen LogP contribution in [0.15, 0.2) is 60.7 Å². The second kappa shape index (κ2) is 11.3. The fraction of sp³-hybridized carbons (Fsp3) is 0.217. The zero-order chi connectivity index (χ0) is 22.8. The number of nitrogens with one attached hydrogen (secondary N) is 2. The van der Waals surface area contributed by atoms with Crippen molar-refractivity contribution in [3.63, 3.8) is 0 Å². The van der Waals surface area contributed by atoms with Gasteiger partial charge in [-0.15, -0.1) is 10.2 Å². The van der Waals surface area contributed by atoms with Gasteiger partial charge in [0.2, 0.25) is 11.8 Å². The first kappa shape index (κ1) is 22.5. The van der Waals surface area contributed by atoms with Crippen molar-refractivity contribution in [2.75, 3.05) is 32.2 Å². The topological polar surface area (TPSA) is 112 Å². The van der Waals surface area contributed by atoms with Crippen molar-refractivity contribution in [3.8, 4) is 28.6 Å². The van der Waals surface area contributed by atoms with E-state index in [0.29, 0.717) is 23.9 Å². The summed E-state index contributed by atoms with van der Waals surface area (Å²) in [5.41, 5.74) is 2.30. The molecule has 1 aromatic heterocycles. The van der Waals surface area contributed by atoms with Gasteiger partial charge in [0, 0.05) is 24.2 Å². The molecule has 0 saturated carbocycles. The molecule has 0 aliphatic heterocycles. The Morgan fingerprint density at radius 2 is 1.59 bits per heavy atom. The number of rotatable bonds is 10. The Kier molecular flexibility index (Phi) is 7.96. The second-order valence-electron chi connectivity index (χ2n) is 6.68. The van der Waals surface area contributed by atoms with Gasteiger partial charge >= 0.3 is 0 Å². The van der Waals surface area contributed by atoms with Gasteiger partial charge in [0.25, 0.3) is 5.91 Å². The summed E-state index contributed by atoms with van der Waals surface area (Å²) in [4.78, 5) is 22.9. The predicted molar refractivity (Wildman–Crippen MR) is 119 cm³/mol. The van der Waals surface area contributed by atoms with Crippen molar-refractivity contribution in [3.05, 3.63) is 60.7 Å². The van der Waals surface area contributed by atoms with E-state index >= 15 is 0 Å². The fourth-order valence-electron chi connectivity index (χ4n) is 2.70. The molecule has 32 heavy (non-hydrogen) atoms. The van der Waals surface area contributed by atoms with Crippen molar-refractivity contribution in [1.29, 1.82) is 0 Å². The summed E-state index contributed by atoms with van der Waals surface area (Å²) >= 11 is 0. The molecular weight excluding hydrogens is 412 g/mol. The number of carbonyl (C=O) groups excluding carboxylic acids is 2. The first-order valence-electron chi connectivity index (χ1n) is 9.91. The van der Waals surface area contributed by atoms with Crippen LogP contribution in [0.3, 0.4) is 0 Å². The van der Waals surface area contributed by atoms with Crippen molar-refractivity contribution >= 4 is 17.5 Å². The standard InChI is InChI=1S/C23H24N4O5/c1-16(28)25-18-5-9-20(10-6-18)32-15-22(29)24-13-14-31-23-12-11-21(26-27-23)17-3-7-19(30-2)8-4-17/h3-12H,13-15H2,1-2H3,(H,24,29)(H,25,28). The van der Waals surface area contributed by atoms with E-state index in [4.69, 9.17) is 14.2 Å². The number of benzene rings is 2. The molecule has 9 nitrogen and oxygen atoms in total. The van der Waals surface area contributed by atoms with E-state index in [-0.39, 0.29) is 25.0 Å². The van der Waals surface area contributed by atoms with Crippen molar-refractivity contribution in [1.82, 2.24) is 15.5 Å². The van der Waals surface area contributed by atoms with Crippen LogP contribution in [0.25, 0.3) is 11.3 Å². The summed E-state index contributed by atoms with van der Waals surface area (Å²) in [5, 5.41) is 13.6. The van der Waals surface area contributed by atoms with E-state index in [0.717, 1.165) is 17.0 Å². The van der Waals surface area contributed by atoms with E-state index in [1.165, 1.54) is 6.92 Å². The minimum absolute atomic E-state index is 0.129. The Morgan fingerprint density at radius 1 is 0.875 bits per heavy atom. The first-order valence-corrected chi connectivity index (χ1v) is 9.91. The summed E-state index contributed by atoms with van der Waals surface area (Å²) < 4.78 is 16.1. The molecule has 0 atom stereocenters. The van der Waals surface area contributed by atoms with Gasteiger partial charge in [-0.1, -0.05) is 0 Å². The minimum Gasteiger partial charge on any atom is -0.497 e. The molecule has 0 aliphatic rings. The van der Waals surface area contributed by atoms with Gasteiger partial charge in [0.15, 0.2) is 6.61 Å². The molecule has 9 heteroatoms. The lowest BCUT2D eigenvalue weighted by molar-refractivity contribution is -0.123. The number of ether oxygens (including phenoxy) is 3. The van der Waals surface area contributed by atoms with Crippen LogP contribution in [0.2, 0.25) is 0 Å². The quantitative estimate of drug-likeness (QED) is 0.470. The third kappa shape index (κ3) is 6.98. The zero-order valence-corrected chi connectivity index (χ0v) is 17.8. The lowest BCUT2D eigenvalue weighted by Gasteiger charge is -2.09. The van der Waals surface area contributed by atoms with Gasteiger partial charge in [0.1, 0.15) is 18.1 Å². The van der Waals surface area contributed by atoms with E-state index in [9.17, 15) is 9.59 Å². The smallest absolute Gasteiger partial charge is 0.258 e. The summed E-state index contributed by atoms with van der Waals surface area (Å²) in [6.07, 6.45) is 0. The van der Waals surface area contributed by atoms with Gasteiger partial charge in [-0.3, -0.25) is 9.59 Å². The summed E-state index contributed by atoms with van der Waals surface area (Å²) in [6, 6.07) is 17.8. The lowest BCUT2D eigenvalue weighted by Crippen LogP contribution is -2.32. The monoisotopic (exact) mass is 436 g/mol. The zero-order valence-electron chi connectivity index (χ0n) is 17.8. The van der Waals surface area contributed by atoms with Crippen LogP contribution >= 0.6 is 0 Å². The molecule has 3 rings (SSSR count). The van der Waals surface area contributed by atoms with Crippen LogP contribution in [0.1, 0.15) is 6.92 Å². The number of anilines is 1. The molecule has 2 amide bonds. The molecule has 1 heterocycles. The second-order valence-corrected chi connectivity index (χ2v) is 6.68. The maximum Gasteiger partial charge on any atom is 0.258 e. The summed E-state index contributed by atoms with van der Waals surface area (Å²) in [6.45, 7) is 1.85. The molecule has 0 spiro atoms. The Morgan fingerprint density at radius 3 is 2.22 bits per heavy atom. The number of hydrogen-bond donors (Lipinski definition) is 2. The summed E-state index contributed by atoms with van der Waals surface area (Å²) in [5.74, 6) is 1.23. The highest BCUT2D eigenvalue weighted by atomic mass is 16.5. The maximum absolute atomic E-state index is 11.9. The predicted octanol–water partition coefficient (Wildman–Crippen LogP) is 2.68. The van der Waals surface area contributed by atoms with Crippen molar-refractivity contribution in [2.24, 2.45) is 0 Å². The van der Waals surface area contributed by atoms with Crippen LogP contribution in [0.5, 0.6) is 17.4 Å². The van der Waals surface area contributed by atoms with Crippen molar-refractivity contribution in [2.45, 2.75) is 6.92 Å². The SMILES string of the molecule is COc1ccc(-c2ccc(OCCNC(=O)COc3ccc(NC(C)=O)cc3)nn2)cc1. The normalized spacial score (nSPS) is 10.2. The third-order valence-electron chi connectivity index (χ3n) is 4.24. The van der Waals surface area contributed by atoms with E-state index in [2.05, 4.69) is 20.8 Å². The molecule has 2 aromatic carbocycles. The molecule has 0 saturated heterocycles. The molecule has 0 aliphatic carbocycles. The molecule has 0 unspecified atom stereocenters. The van der Waals surface area contributed by atoms with Crippen LogP contribution in [0, 0.1) is 0 Å². The average Bonchev–Trinajstić information content (AvgIpc) is 2.81. The number of methoxy groups -OCH3 is 1. The Balaban J connectivity index is 1.35. The minimum atomic E-state index is -0.277. The van der Waals surface area contributed by atoms with E-state index < -0.39 is 0 Å². The highest BCUT2D eigenvalue weighted by Gasteiger charge is 2.05. The number of nitrogens with zero attached hydrogens (tertiary/aromatic N) is 2. The lowest BCUT2D eigenvalue weighted by atomic mass is 10.1. The van der Waals surface area contributed by atoms with Gasteiger partial charge in [-0.2, -0.15) is 0 Å². The molecular formula is C23H24N4O5. The van der Waals surface area contributed by atoms with Crippen LogP contribution in [-0.2, 0) is 9.59 Å². The van der Waals surface area contributed by atoms with Crippen LogP contribution < -0.4 is 24.8 Å². The van der Waals surface area contributed by atoms with Crippen molar-refractivity contribution < 1.29 is 23.8 Å². The Bertz CT molecular complexity index is 1020. The Labute approximate surface area is 185 Å². The van der Waals surface area contributed by atoms with Gasteiger partial charge < -0.3 is 24.8 Å². The fourth-order valence-corrected chi connectivity index (χ4v) is 2.70. The molecule has 166 valence electrons. The first-order chi connectivity index (χ1) is 15.5. The largest absolute Gasteiger partial charge is 0.497 e. The number of amides is 2. The third-order valence-corrected chi connectivity index (χ3v) is 4.24. The Hall–Kier alpha value is -4.14. The highest BCUT2D eigenvalue weighted by molar-refractivity contribution is 5.88. The number of carbonyl (C=O) groups is 2. The average molecular weight is 436 g/mol. The number of hydrogen-bond acceptors (Lipinski definition) is 7. The van der Waals surface area contributed by atoms with E-state index in [1.54, 1.807) is 37.4 Å². The molecule has 2 N–H and O–H groups in total. The van der Waals surface area contributed by atoms with Gasteiger partial charge in [-0.25, -0.2) is 0 Å². The van der Waals surface area contributed by atoms with E-state index in [1.807, 2.05) is 30.3 Å². The van der Waals surface area contributed by atoms with Crippen LogP contribution in [0.4, 0.5) is 5.69 Å². The van der Waals surface area contributed by atoms with Gasteiger partial charge in [-0.05, 0) is 54.6 Å². The number of aromatic nitrogens is 2. The summed E-state index contributed by atoms with van der Waals surface area (Å²) in [7, 11) is 1.62. The maximum atomic E-state index is 11.9.